The predicted molar refractivity (Wildman–Crippen MR) is 79.5 cm³/mol. The van der Waals surface area contributed by atoms with Gasteiger partial charge >= 0.3 is 5.97 Å². The van der Waals surface area contributed by atoms with Crippen LogP contribution in [0.25, 0.3) is 0 Å². The Hall–Kier alpha value is -2.30. The molecule has 0 radical (unpaired) electrons. The van der Waals surface area contributed by atoms with E-state index in [4.69, 9.17) is 9.47 Å². The number of H-pyrrole nitrogens is 1. The number of carbonyl (C=O) groups is 1. The second kappa shape index (κ2) is 6.92. The van der Waals surface area contributed by atoms with Crippen LogP contribution in [0.5, 0.6) is 5.75 Å². The van der Waals surface area contributed by atoms with Crippen LogP contribution in [0.1, 0.15) is 35.6 Å². The van der Waals surface area contributed by atoms with E-state index in [0.29, 0.717) is 5.69 Å². The van der Waals surface area contributed by atoms with E-state index < -0.39 is 5.97 Å². The van der Waals surface area contributed by atoms with Gasteiger partial charge in [0, 0.05) is 5.69 Å². The molecule has 1 aromatic heterocycles. The number of ether oxygens (including phenoxy) is 2. The molecular weight excluding hydrogens is 268 g/mol. The number of aryl methyl sites for hydroxylation is 2. The molecule has 2 aromatic rings. The number of rotatable bonds is 6. The number of esters is 1. The third-order valence-corrected chi connectivity index (χ3v) is 3.02. The summed E-state index contributed by atoms with van der Waals surface area (Å²) in [6, 6.07) is 9.68. The van der Waals surface area contributed by atoms with Gasteiger partial charge in [-0.1, -0.05) is 12.1 Å². The zero-order valence-electron chi connectivity index (χ0n) is 12.6. The first-order valence-corrected chi connectivity index (χ1v) is 6.96. The maximum absolute atomic E-state index is 11.7. The van der Waals surface area contributed by atoms with Gasteiger partial charge in [0.1, 0.15) is 5.75 Å². The van der Waals surface area contributed by atoms with Crippen molar-refractivity contribution in [1.29, 1.82) is 0 Å². The SMILES string of the molecule is COc1ccc(CCc2cc(C(=O)OC(C)C)n[nH]2)cc1. The standard InChI is InChI=1S/C16H20N2O3/c1-11(2)21-16(19)15-10-13(17-18-15)7-4-12-5-8-14(20-3)9-6-12/h5-6,8-11H,4,7H2,1-3H3,(H,17,18). The van der Waals surface area contributed by atoms with E-state index in [0.717, 1.165) is 24.3 Å². The van der Waals surface area contributed by atoms with Crippen molar-refractivity contribution in [3.63, 3.8) is 0 Å². The molecular formula is C16H20N2O3. The molecule has 21 heavy (non-hydrogen) atoms. The Morgan fingerprint density at radius 1 is 1.24 bits per heavy atom. The van der Waals surface area contributed by atoms with Crippen molar-refractivity contribution in [3.8, 4) is 5.75 Å². The second-order valence-corrected chi connectivity index (χ2v) is 5.08. The first-order chi connectivity index (χ1) is 10.1. The van der Waals surface area contributed by atoms with Crippen molar-refractivity contribution < 1.29 is 14.3 Å². The highest BCUT2D eigenvalue weighted by Gasteiger charge is 2.13. The molecule has 1 aromatic carbocycles. The summed E-state index contributed by atoms with van der Waals surface area (Å²) in [7, 11) is 1.65. The average molecular weight is 288 g/mol. The molecule has 0 aliphatic heterocycles. The average Bonchev–Trinajstić information content (AvgIpc) is 2.94. The van der Waals surface area contributed by atoms with Crippen molar-refractivity contribution in [2.75, 3.05) is 7.11 Å². The number of aromatic amines is 1. The molecule has 0 unspecified atom stereocenters. The first-order valence-electron chi connectivity index (χ1n) is 6.96. The van der Waals surface area contributed by atoms with Gasteiger partial charge in [0.15, 0.2) is 5.69 Å². The van der Waals surface area contributed by atoms with E-state index in [1.54, 1.807) is 13.2 Å². The van der Waals surface area contributed by atoms with Crippen LogP contribution in [0.3, 0.4) is 0 Å². The number of carbonyl (C=O) groups excluding carboxylic acids is 1. The van der Waals surface area contributed by atoms with Gasteiger partial charge in [0.25, 0.3) is 0 Å². The van der Waals surface area contributed by atoms with E-state index in [2.05, 4.69) is 10.2 Å². The zero-order chi connectivity index (χ0) is 15.2. The molecule has 5 heteroatoms. The number of methoxy groups -OCH3 is 1. The topological polar surface area (TPSA) is 64.2 Å². The van der Waals surface area contributed by atoms with E-state index in [9.17, 15) is 4.79 Å². The number of nitrogens with one attached hydrogen (secondary N) is 1. The van der Waals surface area contributed by atoms with Crippen LogP contribution in [0.2, 0.25) is 0 Å². The number of hydrogen-bond acceptors (Lipinski definition) is 4. The highest BCUT2D eigenvalue weighted by atomic mass is 16.5. The Bertz CT molecular complexity index is 588. The molecule has 0 atom stereocenters. The largest absolute Gasteiger partial charge is 0.497 e. The number of aromatic nitrogens is 2. The fraction of sp³-hybridized carbons (Fsp3) is 0.375. The van der Waals surface area contributed by atoms with E-state index in [1.807, 2.05) is 38.1 Å². The summed E-state index contributed by atoms with van der Waals surface area (Å²) in [5.74, 6) is 0.455. The molecule has 2 rings (SSSR count). The molecule has 1 N–H and O–H groups in total. The molecule has 0 bridgehead atoms. The van der Waals surface area contributed by atoms with Crippen LogP contribution in [0, 0.1) is 0 Å². The minimum atomic E-state index is -0.392. The zero-order valence-corrected chi connectivity index (χ0v) is 12.6. The molecule has 112 valence electrons. The molecule has 0 amide bonds. The highest BCUT2D eigenvalue weighted by Crippen LogP contribution is 2.13. The minimum absolute atomic E-state index is 0.142. The van der Waals surface area contributed by atoms with Crippen LogP contribution >= 0.6 is 0 Å². The lowest BCUT2D eigenvalue weighted by atomic mass is 10.1. The summed E-state index contributed by atoms with van der Waals surface area (Å²) >= 11 is 0. The first kappa shape index (κ1) is 15.1. The Labute approximate surface area is 124 Å². The van der Waals surface area contributed by atoms with Gasteiger partial charge in [-0.15, -0.1) is 0 Å². The highest BCUT2D eigenvalue weighted by molar-refractivity contribution is 5.87. The van der Waals surface area contributed by atoms with Gasteiger partial charge < -0.3 is 9.47 Å². The number of hydrogen-bond donors (Lipinski definition) is 1. The minimum Gasteiger partial charge on any atom is -0.497 e. The maximum atomic E-state index is 11.7. The van der Waals surface area contributed by atoms with Crippen LogP contribution < -0.4 is 4.74 Å². The van der Waals surface area contributed by atoms with Gasteiger partial charge in [-0.2, -0.15) is 5.10 Å². The van der Waals surface area contributed by atoms with Crippen LogP contribution in [-0.4, -0.2) is 29.4 Å². The molecule has 0 aliphatic rings. The van der Waals surface area contributed by atoms with Crippen LogP contribution in [0.15, 0.2) is 30.3 Å². The monoisotopic (exact) mass is 288 g/mol. The van der Waals surface area contributed by atoms with Crippen LogP contribution in [-0.2, 0) is 17.6 Å². The second-order valence-electron chi connectivity index (χ2n) is 5.08. The Balaban J connectivity index is 1.91. The lowest BCUT2D eigenvalue weighted by Crippen LogP contribution is -2.11. The smallest absolute Gasteiger partial charge is 0.359 e. The summed E-state index contributed by atoms with van der Waals surface area (Å²) in [4.78, 5) is 11.7. The van der Waals surface area contributed by atoms with Gasteiger partial charge in [-0.3, -0.25) is 5.10 Å². The fourth-order valence-corrected chi connectivity index (χ4v) is 1.94. The predicted octanol–water partition coefficient (Wildman–Crippen LogP) is 2.77. The Morgan fingerprint density at radius 3 is 2.57 bits per heavy atom. The van der Waals surface area contributed by atoms with E-state index in [1.165, 1.54) is 5.56 Å². The van der Waals surface area contributed by atoms with Crippen molar-refractivity contribution in [1.82, 2.24) is 10.2 Å². The number of benzene rings is 1. The molecule has 0 aliphatic carbocycles. The maximum Gasteiger partial charge on any atom is 0.359 e. The van der Waals surface area contributed by atoms with E-state index in [-0.39, 0.29) is 6.10 Å². The molecule has 0 saturated heterocycles. The van der Waals surface area contributed by atoms with Gasteiger partial charge in [0.05, 0.1) is 13.2 Å². The third kappa shape index (κ3) is 4.34. The summed E-state index contributed by atoms with van der Waals surface area (Å²) in [6.07, 6.45) is 1.51. The lowest BCUT2D eigenvalue weighted by molar-refractivity contribution is 0.0371. The summed E-state index contributed by atoms with van der Waals surface area (Å²) in [6.45, 7) is 3.63. The van der Waals surface area contributed by atoms with Gasteiger partial charge in [0.2, 0.25) is 0 Å². The van der Waals surface area contributed by atoms with E-state index >= 15 is 0 Å². The molecule has 0 fully saturated rings. The molecule has 5 nitrogen and oxygen atoms in total. The normalized spacial score (nSPS) is 10.7. The Kier molecular flexibility index (Phi) is 4.98. The van der Waals surface area contributed by atoms with Gasteiger partial charge in [-0.05, 0) is 50.5 Å². The molecule has 0 saturated carbocycles. The van der Waals surface area contributed by atoms with Crippen LogP contribution in [0.4, 0.5) is 0 Å². The molecule has 0 spiro atoms. The summed E-state index contributed by atoms with van der Waals surface area (Å²) in [5, 5.41) is 6.87. The quantitative estimate of drug-likeness (QED) is 0.830. The van der Waals surface area contributed by atoms with Gasteiger partial charge in [-0.25, -0.2) is 4.79 Å². The van der Waals surface area contributed by atoms with Crippen molar-refractivity contribution in [3.05, 3.63) is 47.3 Å². The summed E-state index contributed by atoms with van der Waals surface area (Å²) in [5.41, 5.74) is 2.45. The number of nitrogens with zero attached hydrogens (tertiary/aromatic N) is 1. The fourth-order valence-electron chi connectivity index (χ4n) is 1.94. The Morgan fingerprint density at radius 2 is 1.95 bits per heavy atom. The van der Waals surface area contributed by atoms with Crippen molar-refractivity contribution >= 4 is 5.97 Å². The molecule has 1 heterocycles. The van der Waals surface area contributed by atoms with Crippen molar-refractivity contribution in [2.45, 2.75) is 32.8 Å². The lowest BCUT2D eigenvalue weighted by Gasteiger charge is -2.04. The third-order valence-electron chi connectivity index (χ3n) is 3.02. The summed E-state index contributed by atoms with van der Waals surface area (Å²) < 4.78 is 10.2. The van der Waals surface area contributed by atoms with Crippen molar-refractivity contribution in [2.24, 2.45) is 0 Å².